The Morgan fingerprint density at radius 3 is 2.82 bits per heavy atom. The number of rotatable bonds is 3. The summed E-state index contributed by atoms with van der Waals surface area (Å²) in [7, 11) is 1.98. The third kappa shape index (κ3) is 3.28. The Balaban J connectivity index is 1.67. The Morgan fingerprint density at radius 1 is 1.32 bits per heavy atom. The predicted molar refractivity (Wildman–Crippen MR) is 89.7 cm³/mol. The van der Waals surface area contributed by atoms with E-state index in [2.05, 4.69) is 22.2 Å². The lowest BCUT2D eigenvalue weighted by Gasteiger charge is -2.33. The predicted octanol–water partition coefficient (Wildman–Crippen LogP) is 2.54. The molecule has 5 nitrogen and oxygen atoms in total. The summed E-state index contributed by atoms with van der Waals surface area (Å²) in [6.45, 7) is 6.10. The molecule has 22 heavy (non-hydrogen) atoms. The third-order valence-electron chi connectivity index (χ3n) is 5.30. The van der Waals surface area contributed by atoms with E-state index in [0.717, 1.165) is 24.7 Å². The van der Waals surface area contributed by atoms with E-state index in [0.29, 0.717) is 12.0 Å². The standard InChI is InChI=1S/C17H29N5/c1-3-18-16(19-13-15-7-11-20-21(15)2)22-12-10-17(14-22)8-5-4-6-9-17/h7,11H,3-6,8-10,12-14H2,1-2H3,(H,18,19). The highest BCUT2D eigenvalue weighted by atomic mass is 15.3. The van der Waals surface area contributed by atoms with E-state index < -0.39 is 0 Å². The van der Waals surface area contributed by atoms with Crippen molar-refractivity contribution in [1.82, 2.24) is 20.0 Å². The Bertz CT molecular complexity index is 513. The molecular weight excluding hydrogens is 274 g/mol. The molecule has 1 aliphatic carbocycles. The van der Waals surface area contributed by atoms with Gasteiger partial charge in [0.2, 0.25) is 0 Å². The molecule has 1 spiro atoms. The van der Waals surface area contributed by atoms with Crippen molar-refractivity contribution in [1.29, 1.82) is 0 Å². The molecule has 0 atom stereocenters. The molecule has 1 saturated heterocycles. The molecule has 2 heterocycles. The normalized spacial score (nSPS) is 21.5. The number of hydrogen-bond donors (Lipinski definition) is 1. The topological polar surface area (TPSA) is 45.5 Å². The highest BCUT2D eigenvalue weighted by Crippen LogP contribution is 2.43. The average molecular weight is 303 g/mol. The van der Waals surface area contributed by atoms with Crippen LogP contribution in [0.3, 0.4) is 0 Å². The minimum atomic E-state index is 0.570. The number of nitrogens with zero attached hydrogens (tertiary/aromatic N) is 4. The Kier molecular flexibility index (Phi) is 4.69. The van der Waals surface area contributed by atoms with Crippen LogP contribution in [-0.4, -0.2) is 40.3 Å². The van der Waals surface area contributed by atoms with E-state index in [4.69, 9.17) is 4.99 Å². The molecule has 0 bridgehead atoms. The monoisotopic (exact) mass is 303 g/mol. The molecule has 0 aromatic carbocycles. The largest absolute Gasteiger partial charge is 0.357 e. The molecule has 2 fully saturated rings. The molecule has 2 aliphatic rings. The first-order chi connectivity index (χ1) is 10.7. The molecule has 1 aromatic heterocycles. The van der Waals surface area contributed by atoms with Gasteiger partial charge in [0.25, 0.3) is 0 Å². The van der Waals surface area contributed by atoms with Gasteiger partial charge in [-0.25, -0.2) is 4.99 Å². The van der Waals surface area contributed by atoms with E-state index in [-0.39, 0.29) is 0 Å². The molecule has 122 valence electrons. The first-order valence-electron chi connectivity index (χ1n) is 8.73. The molecule has 0 unspecified atom stereocenters. The molecule has 5 heteroatoms. The molecule has 1 saturated carbocycles. The fourth-order valence-electron chi connectivity index (χ4n) is 3.96. The number of hydrogen-bond acceptors (Lipinski definition) is 2. The van der Waals surface area contributed by atoms with Gasteiger partial charge in [-0.15, -0.1) is 0 Å². The Hall–Kier alpha value is -1.52. The van der Waals surface area contributed by atoms with E-state index in [1.807, 2.05) is 24.0 Å². The van der Waals surface area contributed by atoms with Gasteiger partial charge in [0, 0.05) is 32.9 Å². The maximum absolute atomic E-state index is 4.85. The number of aryl methyl sites for hydroxylation is 1. The Morgan fingerprint density at radius 2 is 2.14 bits per heavy atom. The second-order valence-electron chi connectivity index (χ2n) is 6.85. The molecular formula is C17H29N5. The van der Waals surface area contributed by atoms with Crippen LogP contribution in [0.25, 0.3) is 0 Å². The molecule has 1 aliphatic heterocycles. The van der Waals surface area contributed by atoms with Gasteiger partial charge in [0.15, 0.2) is 5.96 Å². The first-order valence-corrected chi connectivity index (χ1v) is 8.73. The fourth-order valence-corrected chi connectivity index (χ4v) is 3.96. The van der Waals surface area contributed by atoms with Crippen LogP contribution in [0.5, 0.6) is 0 Å². The highest BCUT2D eigenvalue weighted by Gasteiger charge is 2.39. The van der Waals surface area contributed by atoms with Crippen LogP contribution in [0.1, 0.15) is 51.1 Å². The van der Waals surface area contributed by atoms with Crippen molar-refractivity contribution in [2.24, 2.45) is 17.5 Å². The van der Waals surface area contributed by atoms with Crippen molar-refractivity contribution in [2.45, 2.75) is 52.0 Å². The number of nitrogens with one attached hydrogen (secondary N) is 1. The zero-order valence-corrected chi connectivity index (χ0v) is 14.0. The summed E-state index contributed by atoms with van der Waals surface area (Å²) in [5.74, 6) is 1.08. The summed E-state index contributed by atoms with van der Waals surface area (Å²) in [5.41, 5.74) is 1.73. The van der Waals surface area contributed by atoms with Crippen LogP contribution >= 0.6 is 0 Å². The zero-order valence-electron chi connectivity index (χ0n) is 14.0. The van der Waals surface area contributed by atoms with Crippen molar-refractivity contribution in [3.63, 3.8) is 0 Å². The fraction of sp³-hybridized carbons (Fsp3) is 0.765. The quantitative estimate of drug-likeness (QED) is 0.689. The summed E-state index contributed by atoms with van der Waals surface area (Å²) in [5, 5.41) is 7.69. The summed E-state index contributed by atoms with van der Waals surface area (Å²) in [4.78, 5) is 7.32. The summed E-state index contributed by atoms with van der Waals surface area (Å²) in [6.07, 6.45) is 10.2. The lowest BCUT2D eigenvalue weighted by molar-refractivity contribution is 0.203. The number of guanidine groups is 1. The van der Waals surface area contributed by atoms with Crippen LogP contribution in [0, 0.1) is 5.41 Å². The number of aromatic nitrogens is 2. The average Bonchev–Trinajstić information content (AvgIpc) is 3.12. The molecule has 1 aromatic rings. The van der Waals surface area contributed by atoms with Crippen LogP contribution in [0.4, 0.5) is 0 Å². The van der Waals surface area contributed by atoms with Crippen LogP contribution in [0.2, 0.25) is 0 Å². The number of aliphatic imine (C=N–C) groups is 1. The van der Waals surface area contributed by atoms with Crippen LogP contribution in [-0.2, 0) is 13.6 Å². The van der Waals surface area contributed by atoms with Crippen LogP contribution < -0.4 is 5.32 Å². The molecule has 3 rings (SSSR count). The van der Waals surface area contributed by atoms with Crippen molar-refractivity contribution >= 4 is 5.96 Å². The maximum Gasteiger partial charge on any atom is 0.194 e. The van der Waals surface area contributed by atoms with Crippen molar-refractivity contribution < 1.29 is 0 Å². The molecule has 1 N–H and O–H groups in total. The maximum atomic E-state index is 4.85. The second kappa shape index (κ2) is 6.71. The molecule has 0 amide bonds. The summed E-state index contributed by atoms with van der Waals surface area (Å²) < 4.78 is 1.90. The van der Waals surface area contributed by atoms with E-state index in [1.54, 1.807) is 0 Å². The first kappa shape index (κ1) is 15.4. The minimum Gasteiger partial charge on any atom is -0.357 e. The van der Waals surface area contributed by atoms with Gasteiger partial charge in [-0.05, 0) is 37.7 Å². The van der Waals surface area contributed by atoms with Gasteiger partial charge < -0.3 is 10.2 Å². The van der Waals surface area contributed by atoms with Gasteiger partial charge in [0.05, 0.1) is 12.2 Å². The van der Waals surface area contributed by atoms with Crippen LogP contribution in [0.15, 0.2) is 17.3 Å². The molecule has 0 radical (unpaired) electrons. The second-order valence-corrected chi connectivity index (χ2v) is 6.85. The lowest BCUT2D eigenvalue weighted by atomic mass is 9.73. The van der Waals surface area contributed by atoms with Crippen molar-refractivity contribution in [3.05, 3.63) is 18.0 Å². The van der Waals surface area contributed by atoms with E-state index in [9.17, 15) is 0 Å². The van der Waals surface area contributed by atoms with E-state index >= 15 is 0 Å². The zero-order chi connectivity index (χ0) is 15.4. The highest BCUT2D eigenvalue weighted by molar-refractivity contribution is 5.80. The number of likely N-dealkylation sites (tertiary alicyclic amines) is 1. The van der Waals surface area contributed by atoms with Gasteiger partial charge in [0.1, 0.15) is 0 Å². The van der Waals surface area contributed by atoms with Crippen molar-refractivity contribution in [3.8, 4) is 0 Å². The smallest absolute Gasteiger partial charge is 0.194 e. The Labute approximate surface area is 133 Å². The minimum absolute atomic E-state index is 0.570. The third-order valence-corrected chi connectivity index (χ3v) is 5.30. The lowest BCUT2D eigenvalue weighted by Crippen LogP contribution is -2.41. The summed E-state index contributed by atoms with van der Waals surface area (Å²) in [6, 6.07) is 2.04. The summed E-state index contributed by atoms with van der Waals surface area (Å²) >= 11 is 0. The van der Waals surface area contributed by atoms with Gasteiger partial charge >= 0.3 is 0 Å². The van der Waals surface area contributed by atoms with Crippen molar-refractivity contribution in [2.75, 3.05) is 19.6 Å². The SMILES string of the molecule is CCNC(=NCc1ccnn1C)N1CCC2(CCCCC2)C1. The van der Waals surface area contributed by atoms with E-state index in [1.165, 1.54) is 45.1 Å². The van der Waals surface area contributed by atoms with Gasteiger partial charge in [-0.2, -0.15) is 5.10 Å². The van der Waals surface area contributed by atoms with Gasteiger partial charge in [-0.1, -0.05) is 19.3 Å². The van der Waals surface area contributed by atoms with Gasteiger partial charge in [-0.3, -0.25) is 4.68 Å².